The number of hydrogen-bond acceptors (Lipinski definition) is 7. The zero-order valence-corrected chi connectivity index (χ0v) is 23.6. The first-order chi connectivity index (χ1) is 20.4. The molecule has 4 aromatic rings. The number of carbonyl (C=O) groups excluding carboxylic acids is 2. The van der Waals surface area contributed by atoms with E-state index in [9.17, 15) is 9.59 Å². The maximum atomic E-state index is 13.2. The molecule has 2 aromatic carbocycles. The molecule has 10 heteroatoms. The Hall–Kier alpha value is -4.70. The molecule has 0 saturated carbocycles. The molecule has 0 spiro atoms. The third-order valence-electron chi connectivity index (χ3n) is 7.92. The standard InChI is InChI=1S/C32H35N7O3/c1-38-19-25(18-36-38)24-16-29(30(33)35-17-24)31(40)37-26-12-15-39(20-26)32(41)23-4-2-21(3-5-23)22-6-8-27(9-7-22)42-28-10-13-34-14-11-28/h2-9,16-19,26,28,34H,10-15,20H2,1H3,(H2,33,35)(H,37,40)/t26-/m1/s1. The molecule has 2 aliphatic heterocycles. The molecule has 2 aromatic heterocycles. The van der Waals surface area contributed by atoms with Crippen molar-refractivity contribution in [1.29, 1.82) is 0 Å². The zero-order chi connectivity index (χ0) is 29.1. The number of amides is 2. The average Bonchev–Trinajstić information content (AvgIpc) is 3.67. The largest absolute Gasteiger partial charge is 0.490 e. The molecule has 216 valence electrons. The second-order valence-electron chi connectivity index (χ2n) is 10.9. The van der Waals surface area contributed by atoms with Crippen molar-refractivity contribution in [3.8, 4) is 28.0 Å². The number of anilines is 1. The first-order valence-corrected chi connectivity index (χ1v) is 14.4. The maximum absolute atomic E-state index is 13.2. The highest BCUT2D eigenvalue weighted by molar-refractivity contribution is 6.00. The van der Waals surface area contributed by atoms with Crippen LogP contribution in [0.15, 0.2) is 73.2 Å². The summed E-state index contributed by atoms with van der Waals surface area (Å²) in [5, 5.41) is 10.6. The normalized spacial score (nSPS) is 17.3. The van der Waals surface area contributed by atoms with E-state index in [0.29, 0.717) is 30.6 Å². The minimum Gasteiger partial charge on any atom is -0.490 e. The van der Waals surface area contributed by atoms with Crippen LogP contribution in [0.5, 0.6) is 5.75 Å². The van der Waals surface area contributed by atoms with Gasteiger partial charge in [-0.1, -0.05) is 24.3 Å². The molecule has 10 nitrogen and oxygen atoms in total. The Morgan fingerprint density at radius 2 is 1.67 bits per heavy atom. The zero-order valence-electron chi connectivity index (χ0n) is 23.6. The van der Waals surface area contributed by atoms with Gasteiger partial charge in [0.2, 0.25) is 0 Å². The second kappa shape index (κ2) is 12.0. The summed E-state index contributed by atoms with van der Waals surface area (Å²) in [4.78, 5) is 32.3. The first-order valence-electron chi connectivity index (χ1n) is 14.4. The summed E-state index contributed by atoms with van der Waals surface area (Å²) in [5.74, 6) is 0.689. The van der Waals surface area contributed by atoms with Crippen molar-refractivity contribution in [2.24, 2.45) is 7.05 Å². The molecule has 1 atom stereocenters. The number of piperidine rings is 1. The number of pyridine rings is 1. The molecule has 4 heterocycles. The predicted molar refractivity (Wildman–Crippen MR) is 161 cm³/mol. The van der Waals surface area contributed by atoms with Gasteiger partial charge in [-0.3, -0.25) is 14.3 Å². The van der Waals surface area contributed by atoms with Gasteiger partial charge in [0.15, 0.2) is 0 Å². The van der Waals surface area contributed by atoms with Crippen LogP contribution in [-0.4, -0.2) is 69.8 Å². The van der Waals surface area contributed by atoms with Gasteiger partial charge in [-0.05, 0) is 73.8 Å². The van der Waals surface area contributed by atoms with Gasteiger partial charge in [0.1, 0.15) is 17.7 Å². The lowest BCUT2D eigenvalue weighted by Crippen LogP contribution is -2.38. The Kier molecular flexibility index (Phi) is 7.87. The highest BCUT2D eigenvalue weighted by Gasteiger charge is 2.29. The van der Waals surface area contributed by atoms with E-state index in [1.165, 1.54) is 0 Å². The second-order valence-corrected chi connectivity index (χ2v) is 10.9. The molecular formula is C32H35N7O3. The Bertz CT molecular complexity index is 1560. The van der Waals surface area contributed by atoms with Gasteiger partial charge in [0.05, 0.1) is 11.8 Å². The predicted octanol–water partition coefficient (Wildman–Crippen LogP) is 3.51. The van der Waals surface area contributed by atoms with E-state index in [1.54, 1.807) is 28.0 Å². The van der Waals surface area contributed by atoms with Gasteiger partial charge in [0.25, 0.3) is 11.8 Å². The number of hydrogen-bond donors (Lipinski definition) is 3. The van der Waals surface area contributed by atoms with Crippen LogP contribution in [0.25, 0.3) is 22.3 Å². The number of rotatable bonds is 7. The summed E-state index contributed by atoms with van der Waals surface area (Å²) in [6, 6.07) is 17.3. The first kappa shape index (κ1) is 27.5. The topological polar surface area (TPSA) is 127 Å². The van der Waals surface area contributed by atoms with E-state index >= 15 is 0 Å². The van der Waals surface area contributed by atoms with E-state index in [1.807, 2.05) is 49.6 Å². The van der Waals surface area contributed by atoms with E-state index in [4.69, 9.17) is 10.5 Å². The number of nitrogens with zero attached hydrogens (tertiary/aromatic N) is 4. The van der Waals surface area contributed by atoms with Crippen LogP contribution in [-0.2, 0) is 7.05 Å². The van der Waals surface area contributed by atoms with E-state index in [0.717, 1.165) is 53.9 Å². The molecule has 4 N–H and O–H groups in total. The van der Waals surface area contributed by atoms with E-state index in [2.05, 4.69) is 32.8 Å². The molecule has 0 radical (unpaired) electrons. The fourth-order valence-electron chi connectivity index (χ4n) is 5.53. The average molecular weight is 566 g/mol. The van der Waals surface area contributed by atoms with Crippen LogP contribution in [0.2, 0.25) is 0 Å². The van der Waals surface area contributed by atoms with Crippen LogP contribution >= 0.6 is 0 Å². The number of nitrogens with one attached hydrogen (secondary N) is 2. The number of aryl methyl sites for hydroxylation is 1. The van der Waals surface area contributed by atoms with Gasteiger partial charge in [-0.25, -0.2) is 4.98 Å². The lowest BCUT2D eigenvalue weighted by Gasteiger charge is -2.23. The minimum atomic E-state index is -0.304. The number of likely N-dealkylation sites (tertiary alicyclic amines) is 1. The Morgan fingerprint density at radius 3 is 2.36 bits per heavy atom. The molecule has 2 saturated heterocycles. The quantitative estimate of drug-likeness (QED) is 0.313. The van der Waals surface area contributed by atoms with Crippen molar-refractivity contribution in [3.05, 3.63) is 84.3 Å². The van der Waals surface area contributed by atoms with Crippen molar-refractivity contribution in [3.63, 3.8) is 0 Å². The number of nitrogens with two attached hydrogens (primary N) is 1. The van der Waals surface area contributed by atoms with E-state index < -0.39 is 0 Å². The monoisotopic (exact) mass is 565 g/mol. The summed E-state index contributed by atoms with van der Waals surface area (Å²) in [5.41, 5.74) is 10.7. The molecule has 0 unspecified atom stereocenters. The molecule has 6 rings (SSSR count). The number of nitrogen functional groups attached to an aromatic ring is 1. The van der Waals surface area contributed by atoms with E-state index in [-0.39, 0.29) is 29.8 Å². The molecule has 2 amide bonds. The molecule has 0 aliphatic carbocycles. The van der Waals surface area contributed by atoms with Crippen LogP contribution in [0.3, 0.4) is 0 Å². The number of ether oxygens (including phenoxy) is 1. The summed E-state index contributed by atoms with van der Waals surface area (Å²) < 4.78 is 7.80. The van der Waals surface area contributed by atoms with Gasteiger partial charge < -0.3 is 26.0 Å². The minimum absolute atomic E-state index is 0.0521. The molecule has 42 heavy (non-hydrogen) atoms. The number of benzene rings is 2. The lowest BCUT2D eigenvalue weighted by molar-refractivity contribution is 0.0783. The molecule has 2 fully saturated rings. The highest BCUT2D eigenvalue weighted by atomic mass is 16.5. The van der Waals surface area contributed by atoms with Crippen LogP contribution in [0, 0.1) is 0 Å². The van der Waals surface area contributed by atoms with Crippen molar-refractivity contribution < 1.29 is 14.3 Å². The smallest absolute Gasteiger partial charge is 0.255 e. The Balaban J connectivity index is 1.04. The fourth-order valence-corrected chi connectivity index (χ4v) is 5.53. The van der Waals surface area contributed by atoms with Gasteiger partial charge >= 0.3 is 0 Å². The number of carbonyl (C=O) groups is 2. The van der Waals surface area contributed by atoms with Crippen molar-refractivity contribution in [2.75, 3.05) is 31.9 Å². The summed E-state index contributed by atoms with van der Waals surface area (Å²) in [6.07, 6.45) is 8.16. The van der Waals surface area contributed by atoms with Gasteiger partial charge in [0, 0.05) is 55.3 Å². The number of aromatic nitrogens is 3. The summed E-state index contributed by atoms with van der Waals surface area (Å²) in [6.45, 7) is 2.98. The summed E-state index contributed by atoms with van der Waals surface area (Å²) >= 11 is 0. The van der Waals surface area contributed by atoms with Crippen LogP contribution in [0.4, 0.5) is 5.82 Å². The Morgan fingerprint density at radius 1 is 0.952 bits per heavy atom. The third-order valence-corrected chi connectivity index (χ3v) is 7.92. The maximum Gasteiger partial charge on any atom is 0.255 e. The van der Waals surface area contributed by atoms with Crippen molar-refractivity contribution in [1.82, 2.24) is 30.3 Å². The van der Waals surface area contributed by atoms with Crippen LogP contribution < -0.4 is 21.1 Å². The lowest BCUT2D eigenvalue weighted by atomic mass is 10.0. The van der Waals surface area contributed by atoms with Crippen LogP contribution in [0.1, 0.15) is 40.0 Å². The summed E-state index contributed by atoms with van der Waals surface area (Å²) in [7, 11) is 1.83. The fraction of sp³-hybridized carbons (Fsp3) is 0.312. The van der Waals surface area contributed by atoms with Crippen molar-refractivity contribution in [2.45, 2.75) is 31.4 Å². The molecular weight excluding hydrogens is 530 g/mol. The van der Waals surface area contributed by atoms with Gasteiger partial charge in [-0.15, -0.1) is 0 Å². The van der Waals surface area contributed by atoms with Gasteiger partial charge in [-0.2, -0.15) is 5.10 Å². The highest BCUT2D eigenvalue weighted by Crippen LogP contribution is 2.26. The molecule has 2 aliphatic rings. The SMILES string of the molecule is Cn1cc(-c2cnc(N)c(C(=O)N[C@@H]3CCN(C(=O)c4ccc(-c5ccc(OC6CCNCC6)cc5)cc4)C3)c2)cn1. The van der Waals surface area contributed by atoms with Crippen molar-refractivity contribution >= 4 is 17.6 Å². The molecule has 0 bridgehead atoms. The Labute approximate surface area is 244 Å². The third kappa shape index (κ3) is 6.13.